The van der Waals surface area contributed by atoms with Gasteiger partial charge in [-0.05, 0) is 17.7 Å². The number of carbonyl (C=O) groups excluding carboxylic acids is 1. The van der Waals surface area contributed by atoms with Gasteiger partial charge in [-0.25, -0.2) is 4.98 Å². The van der Waals surface area contributed by atoms with E-state index in [0.29, 0.717) is 5.56 Å². The van der Waals surface area contributed by atoms with Crippen molar-refractivity contribution >= 4 is 23.0 Å². The molecule has 4 aromatic rings. The molecule has 0 spiro atoms. The van der Waals surface area contributed by atoms with Crippen LogP contribution in [0.15, 0.2) is 71.8 Å². The van der Waals surface area contributed by atoms with E-state index in [1.165, 1.54) is 11.1 Å². The lowest BCUT2D eigenvalue weighted by molar-refractivity contribution is 0.102. The van der Waals surface area contributed by atoms with Crippen molar-refractivity contribution in [3.63, 3.8) is 0 Å². The predicted molar refractivity (Wildman–Crippen MR) is 99.3 cm³/mol. The van der Waals surface area contributed by atoms with Gasteiger partial charge in [-0.1, -0.05) is 48.5 Å². The van der Waals surface area contributed by atoms with Crippen LogP contribution in [0.2, 0.25) is 0 Å². The Hall–Kier alpha value is -3.94. The van der Waals surface area contributed by atoms with Gasteiger partial charge >= 0.3 is 0 Å². The maximum atomic E-state index is 12.3. The number of imidazole rings is 1. The van der Waals surface area contributed by atoms with Gasteiger partial charge in [-0.3, -0.25) is 19.9 Å². The van der Waals surface area contributed by atoms with Gasteiger partial charge in [-0.15, -0.1) is 0 Å². The number of anilines is 1. The Kier molecular flexibility index (Phi) is 4.36. The summed E-state index contributed by atoms with van der Waals surface area (Å²) in [6, 6.07) is 18.2. The second kappa shape index (κ2) is 7.12. The largest absolute Gasteiger partial charge is 0.406 e. The number of nitrogens with zero attached hydrogens (tertiary/aromatic N) is 3. The minimum absolute atomic E-state index is 0.0198. The highest BCUT2D eigenvalue weighted by Crippen LogP contribution is 2.09. The molecule has 0 aliphatic rings. The summed E-state index contributed by atoms with van der Waals surface area (Å²) in [6.07, 6.45) is 1.37. The van der Waals surface area contributed by atoms with Crippen LogP contribution in [-0.2, 0) is 6.61 Å². The van der Waals surface area contributed by atoms with Crippen LogP contribution >= 0.6 is 0 Å². The first-order valence-electron chi connectivity index (χ1n) is 8.22. The second-order valence-corrected chi connectivity index (χ2v) is 5.74. The van der Waals surface area contributed by atoms with Crippen molar-refractivity contribution in [1.82, 2.24) is 19.7 Å². The van der Waals surface area contributed by atoms with Gasteiger partial charge in [0.25, 0.3) is 11.5 Å². The molecule has 1 amide bonds. The fraction of sp³-hybridized carbons (Fsp3) is 0.0526. The van der Waals surface area contributed by atoms with Crippen molar-refractivity contribution in [1.29, 1.82) is 0 Å². The maximum Gasteiger partial charge on any atom is 0.280 e. The number of aromatic nitrogens is 4. The van der Waals surface area contributed by atoms with Gasteiger partial charge in [0.1, 0.15) is 12.9 Å². The smallest absolute Gasteiger partial charge is 0.280 e. The Morgan fingerprint density at radius 2 is 1.78 bits per heavy atom. The van der Waals surface area contributed by atoms with Crippen LogP contribution in [0.25, 0.3) is 11.2 Å². The first-order chi connectivity index (χ1) is 13.2. The lowest BCUT2D eigenvalue weighted by atomic mass is 10.2. The van der Waals surface area contributed by atoms with Crippen LogP contribution in [0, 0.1) is 0 Å². The molecule has 4 rings (SSSR count). The summed E-state index contributed by atoms with van der Waals surface area (Å²) in [6.45, 7) is 0.284. The van der Waals surface area contributed by atoms with E-state index in [1.54, 1.807) is 24.3 Å². The third-order valence-corrected chi connectivity index (χ3v) is 3.86. The summed E-state index contributed by atoms with van der Waals surface area (Å²) in [5.74, 6) is -0.360. The zero-order chi connectivity index (χ0) is 18.6. The summed E-state index contributed by atoms with van der Waals surface area (Å²) in [4.78, 5) is 41.0. The molecule has 0 fully saturated rings. The number of hydrogen-bond acceptors (Lipinski definition) is 5. The fourth-order valence-electron chi connectivity index (χ4n) is 2.53. The second-order valence-electron chi connectivity index (χ2n) is 5.74. The predicted octanol–water partition coefficient (Wildman–Crippen LogP) is 2.00. The molecule has 134 valence electrons. The number of benzene rings is 2. The Morgan fingerprint density at radius 3 is 2.52 bits per heavy atom. The molecule has 2 aromatic heterocycles. The zero-order valence-corrected chi connectivity index (χ0v) is 14.1. The van der Waals surface area contributed by atoms with Crippen LogP contribution in [0.5, 0.6) is 0 Å². The first kappa shape index (κ1) is 16.5. The van der Waals surface area contributed by atoms with E-state index in [4.69, 9.17) is 4.84 Å². The molecular formula is C19H15N5O3. The van der Waals surface area contributed by atoms with E-state index in [-0.39, 0.29) is 29.6 Å². The van der Waals surface area contributed by atoms with Gasteiger partial charge in [0, 0.05) is 5.56 Å². The average molecular weight is 361 g/mol. The first-order valence-corrected chi connectivity index (χ1v) is 8.22. The molecule has 8 heteroatoms. The van der Waals surface area contributed by atoms with Crippen molar-refractivity contribution in [3.05, 3.63) is 88.5 Å². The number of rotatable bonds is 5. The molecule has 0 atom stereocenters. The molecule has 0 aliphatic heterocycles. The summed E-state index contributed by atoms with van der Waals surface area (Å²) in [5.41, 5.74) is 1.29. The van der Waals surface area contributed by atoms with Gasteiger partial charge in [-0.2, -0.15) is 9.71 Å². The molecule has 0 aliphatic carbocycles. The molecule has 27 heavy (non-hydrogen) atoms. The van der Waals surface area contributed by atoms with E-state index in [0.717, 1.165) is 5.56 Å². The van der Waals surface area contributed by atoms with Gasteiger partial charge in [0.15, 0.2) is 5.52 Å². The molecule has 0 radical (unpaired) electrons. The summed E-state index contributed by atoms with van der Waals surface area (Å²) in [7, 11) is 0. The van der Waals surface area contributed by atoms with Crippen molar-refractivity contribution in [3.8, 4) is 0 Å². The molecule has 0 saturated carbocycles. The quantitative estimate of drug-likeness (QED) is 0.566. The van der Waals surface area contributed by atoms with E-state index in [2.05, 4.69) is 20.3 Å². The normalized spacial score (nSPS) is 10.7. The number of aromatic amines is 1. The Bertz CT molecular complexity index is 1140. The van der Waals surface area contributed by atoms with Crippen molar-refractivity contribution in [2.45, 2.75) is 6.61 Å². The van der Waals surface area contributed by atoms with Crippen molar-refractivity contribution in [2.75, 3.05) is 5.32 Å². The molecule has 0 unspecified atom stereocenters. The average Bonchev–Trinajstić information content (AvgIpc) is 3.11. The van der Waals surface area contributed by atoms with Crippen LogP contribution in [0.3, 0.4) is 0 Å². The summed E-state index contributed by atoms with van der Waals surface area (Å²) >= 11 is 0. The monoisotopic (exact) mass is 361 g/mol. The highest BCUT2D eigenvalue weighted by atomic mass is 16.7. The van der Waals surface area contributed by atoms with Crippen LogP contribution in [0.4, 0.5) is 5.95 Å². The number of nitrogens with one attached hydrogen (secondary N) is 2. The molecule has 0 bridgehead atoms. The van der Waals surface area contributed by atoms with E-state index in [9.17, 15) is 9.59 Å². The lowest BCUT2D eigenvalue weighted by Gasteiger charge is -2.08. The maximum absolute atomic E-state index is 12.3. The number of carbonyl (C=O) groups is 1. The van der Waals surface area contributed by atoms with E-state index >= 15 is 0 Å². The third kappa shape index (κ3) is 3.54. The molecular weight excluding hydrogens is 346 g/mol. The van der Waals surface area contributed by atoms with Gasteiger partial charge in [0.05, 0.1) is 0 Å². The standard InChI is InChI=1S/C19H15N5O3/c25-17(14-9-5-2-6-10-14)22-19-21-16-15(18(26)23-19)20-12-24(16)27-11-13-7-3-1-4-8-13/h1-10,12H,11H2,(H2,21,22,23,25,26). The Labute approximate surface area is 153 Å². The fourth-order valence-corrected chi connectivity index (χ4v) is 2.53. The SMILES string of the molecule is O=C(Nc1nc2c(ncn2OCc2ccccc2)c(=O)[nH]1)c1ccccc1. The molecule has 2 heterocycles. The summed E-state index contributed by atoms with van der Waals surface area (Å²) in [5, 5.41) is 2.58. The van der Waals surface area contributed by atoms with Crippen LogP contribution in [-0.4, -0.2) is 25.6 Å². The highest BCUT2D eigenvalue weighted by Gasteiger charge is 2.13. The molecule has 0 saturated heterocycles. The number of fused-ring (bicyclic) bond motifs is 1. The summed E-state index contributed by atoms with van der Waals surface area (Å²) < 4.78 is 1.32. The minimum Gasteiger partial charge on any atom is -0.406 e. The molecule has 8 nitrogen and oxygen atoms in total. The van der Waals surface area contributed by atoms with Gasteiger partial charge in [0.2, 0.25) is 11.6 Å². The van der Waals surface area contributed by atoms with Crippen molar-refractivity contribution < 1.29 is 9.63 Å². The highest BCUT2D eigenvalue weighted by molar-refractivity contribution is 6.03. The zero-order valence-electron chi connectivity index (χ0n) is 14.1. The van der Waals surface area contributed by atoms with Gasteiger partial charge < -0.3 is 4.84 Å². The lowest BCUT2D eigenvalue weighted by Crippen LogP contribution is -2.19. The third-order valence-electron chi connectivity index (χ3n) is 3.86. The number of hydrogen-bond donors (Lipinski definition) is 2. The molecule has 2 N–H and O–H groups in total. The Balaban J connectivity index is 1.60. The van der Waals surface area contributed by atoms with Crippen LogP contribution in [0.1, 0.15) is 15.9 Å². The number of H-pyrrole nitrogens is 1. The van der Waals surface area contributed by atoms with E-state index in [1.807, 2.05) is 36.4 Å². The Morgan fingerprint density at radius 1 is 1.07 bits per heavy atom. The van der Waals surface area contributed by atoms with Crippen molar-refractivity contribution in [2.24, 2.45) is 0 Å². The van der Waals surface area contributed by atoms with Crippen LogP contribution < -0.4 is 15.7 Å². The number of amides is 1. The van der Waals surface area contributed by atoms with E-state index < -0.39 is 5.56 Å². The minimum atomic E-state index is -0.467. The topological polar surface area (TPSA) is 102 Å². The molecule has 2 aromatic carbocycles.